The Morgan fingerprint density at radius 2 is 2.03 bits per heavy atom. The molecule has 2 aromatic heterocycles. The van der Waals surface area contributed by atoms with Crippen molar-refractivity contribution in [1.29, 1.82) is 0 Å². The van der Waals surface area contributed by atoms with Crippen LogP contribution < -0.4 is 16.3 Å². The van der Waals surface area contributed by atoms with E-state index in [-0.39, 0.29) is 23.4 Å². The zero-order chi connectivity index (χ0) is 22.2. The second-order valence-electron chi connectivity index (χ2n) is 8.46. The molecule has 1 amide bonds. The van der Waals surface area contributed by atoms with Gasteiger partial charge in [-0.15, -0.1) is 11.8 Å². The number of nitrogens with one attached hydrogen (secondary N) is 3. The minimum atomic E-state index is -0.195. The number of thioether (sulfide) groups is 1. The Morgan fingerprint density at radius 3 is 2.71 bits per heavy atom. The lowest BCUT2D eigenvalue weighted by Crippen LogP contribution is -2.46. The Bertz CT molecular complexity index is 1190. The largest absolute Gasteiger partial charge is 0.380 e. The van der Waals surface area contributed by atoms with E-state index in [1.165, 1.54) is 11.8 Å². The lowest BCUT2D eigenvalue weighted by atomic mass is 9.89. The number of H-pyrrole nitrogens is 1. The van der Waals surface area contributed by atoms with Crippen LogP contribution in [0.4, 0.5) is 0 Å². The van der Waals surface area contributed by atoms with Crippen molar-refractivity contribution in [1.82, 2.24) is 15.0 Å². The molecular weight excluding hydrogens is 412 g/mol. The minimum absolute atomic E-state index is 0.0981. The summed E-state index contributed by atoms with van der Waals surface area (Å²) >= 11 is 1.50. The molecule has 3 N–H and O–H groups in total. The van der Waals surface area contributed by atoms with Crippen molar-refractivity contribution in [3.63, 3.8) is 0 Å². The van der Waals surface area contributed by atoms with Crippen molar-refractivity contribution in [3.8, 4) is 0 Å². The summed E-state index contributed by atoms with van der Waals surface area (Å²) in [7, 11) is 0. The number of fused-ring (bicyclic) bond motifs is 1. The first kappa shape index (κ1) is 21.5. The van der Waals surface area contributed by atoms with Gasteiger partial charge in [0.05, 0.1) is 30.0 Å². The smallest absolute Gasteiger partial charge is 0.254 e. The molecule has 0 saturated carbocycles. The molecule has 4 rings (SSSR count). The van der Waals surface area contributed by atoms with Gasteiger partial charge in [0.1, 0.15) is 0 Å². The zero-order valence-corrected chi connectivity index (χ0v) is 19.1. The highest BCUT2D eigenvalue weighted by Gasteiger charge is 2.33. The number of hydrogen-bond donors (Lipinski definition) is 3. The number of aromatic amines is 1. The normalized spacial score (nSPS) is 15.0. The minimum Gasteiger partial charge on any atom is -0.380 e. The number of nitrogens with zero attached hydrogens (tertiary/aromatic N) is 1. The van der Waals surface area contributed by atoms with Gasteiger partial charge in [0, 0.05) is 40.0 Å². The molecule has 0 aliphatic carbocycles. The highest BCUT2D eigenvalue weighted by Crippen LogP contribution is 2.28. The number of carbonyl (C=O) groups excluding carboxylic acids is 1. The fraction of sp³-hybridized carbons (Fsp3) is 0.391. The lowest BCUT2D eigenvalue weighted by molar-refractivity contribution is -0.0935. The molecule has 0 spiro atoms. The van der Waals surface area contributed by atoms with E-state index in [0.717, 1.165) is 46.9 Å². The molecule has 0 unspecified atom stereocenters. The van der Waals surface area contributed by atoms with Crippen LogP contribution in [0.25, 0.3) is 10.9 Å². The first-order valence-corrected chi connectivity index (χ1v) is 11.5. The second-order valence-corrected chi connectivity index (χ2v) is 9.31. The third kappa shape index (κ3) is 4.09. The van der Waals surface area contributed by atoms with E-state index in [9.17, 15) is 9.59 Å². The van der Waals surface area contributed by atoms with Crippen LogP contribution in [-0.2, 0) is 11.3 Å². The molecule has 31 heavy (non-hydrogen) atoms. The molecule has 8 heteroatoms. The zero-order valence-electron chi connectivity index (χ0n) is 18.3. The Hall–Kier alpha value is -2.71. The number of hydrogen-bond acceptors (Lipinski definition) is 5. The SMILES string of the molecule is CSc1cc(C)[nH]c(=O)c1CNC(=O)c1c(C)n(NCC2(C)COC2)c2ccccc12. The Labute approximate surface area is 185 Å². The summed E-state index contributed by atoms with van der Waals surface area (Å²) in [5.74, 6) is -0.195. The van der Waals surface area contributed by atoms with E-state index in [0.29, 0.717) is 11.1 Å². The lowest BCUT2D eigenvalue weighted by Gasteiger charge is -2.38. The number of ether oxygens (including phenoxy) is 1. The van der Waals surface area contributed by atoms with Gasteiger partial charge in [0.2, 0.25) is 0 Å². The van der Waals surface area contributed by atoms with Gasteiger partial charge < -0.3 is 20.5 Å². The van der Waals surface area contributed by atoms with Gasteiger partial charge in [-0.05, 0) is 32.2 Å². The highest BCUT2D eigenvalue weighted by atomic mass is 32.2. The van der Waals surface area contributed by atoms with Crippen molar-refractivity contribution in [2.75, 3.05) is 31.4 Å². The fourth-order valence-corrected chi connectivity index (χ4v) is 4.68. The summed E-state index contributed by atoms with van der Waals surface area (Å²) < 4.78 is 7.34. The molecule has 7 nitrogen and oxygen atoms in total. The number of para-hydroxylation sites is 1. The first-order valence-electron chi connectivity index (χ1n) is 10.3. The molecule has 3 heterocycles. The van der Waals surface area contributed by atoms with Crippen molar-refractivity contribution >= 4 is 28.6 Å². The quantitative estimate of drug-likeness (QED) is 0.491. The molecule has 1 aromatic carbocycles. The van der Waals surface area contributed by atoms with Gasteiger partial charge >= 0.3 is 0 Å². The van der Waals surface area contributed by atoms with Gasteiger partial charge in [-0.1, -0.05) is 25.1 Å². The maximum absolute atomic E-state index is 13.2. The van der Waals surface area contributed by atoms with Crippen molar-refractivity contribution in [3.05, 3.63) is 63.2 Å². The monoisotopic (exact) mass is 440 g/mol. The van der Waals surface area contributed by atoms with Crippen molar-refractivity contribution < 1.29 is 9.53 Å². The first-order chi connectivity index (χ1) is 14.8. The maximum Gasteiger partial charge on any atom is 0.254 e. The average molecular weight is 441 g/mol. The standard InChI is InChI=1S/C23H28N4O3S/c1-14-9-19(31-4)17(21(28)26-14)10-24-22(29)20-15(2)27(18-8-6-5-7-16(18)20)25-11-23(3)12-30-13-23/h5-9,25H,10-13H2,1-4H3,(H,24,29)(H,26,28). The molecule has 0 radical (unpaired) electrons. The van der Waals surface area contributed by atoms with Gasteiger partial charge in [-0.3, -0.25) is 14.3 Å². The fourth-order valence-electron chi connectivity index (χ4n) is 3.97. The van der Waals surface area contributed by atoms with Crippen LogP contribution >= 0.6 is 11.8 Å². The summed E-state index contributed by atoms with van der Waals surface area (Å²) in [4.78, 5) is 29.3. The van der Waals surface area contributed by atoms with E-state index >= 15 is 0 Å². The van der Waals surface area contributed by atoms with Crippen LogP contribution in [0.3, 0.4) is 0 Å². The Morgan fingerprint density at radius 1 is 1.29 bits per heavy atom. The van der Waals surface area contributed by atoms with Crippen molar-refractivity contribution in [2.45, 2.75) is 32.2 Å². The Balaban J connectivity index is 1.61. The Kier molecular flexibility index (Phi) is 5.85. The number of aryl methyl sites for hydroxylation is 1. The molecule has 0 atom stereocenters. The molecule has 164 valence electrons. The third-order valence-corrected chi connectivity index (χ3v) is 6.58. The summed E-state index contributed by atoms with van der Waals surface area (Å²) in [5.41, 5.74) is 7.20. The summed E-state index contributed by atoms with van der Waals surface area (Å²) in [5, 5.41) is 3.84. The third-order valence-electron chi connectivity index (χ3n) is 5.78. The van der Waals surface area contributed by atoms with Crippen LogP contribution in [0.5, 0.6) is 0 Å². The van der Waals surface area contributed by atoms with E-state index in [1.54, 1.807) is 0 Å². The number of amides is 1. The van der Waals surface area contributed by atoms with Crippen LogP contribution in [-0.4, -0.2) is 41.6 Å². The van der Waals surface area contributed by atoms with E-state index in [1.807, 2.05) is 55.1 Å². The highest BCUT2D eigenvalue weighted by molar-refractivity contribution is 7.98. The van der Waals surface area contributed by atoms with E-state index < -0.39 is 0 Å². The molecule has 1 saturated heterocycles. The van der Waals surface area contributed by atoms with Crippen molar-refractivity contribution in [2.24, 2.45) is 5.41 Å². The van der Waals surface area contributed by atoms with E-state index in [4.69, 9.17) is 4.74 Å². The average Bonchev–Trinajstić information content (AvgIpc) is 3.00. The second kappa shape index (κ2) is 8.43. The van der Waals surface area contributed by atoms with Gasteiger partial charge in [0.25, 0.3) is 11.5 Å². The predicted octanol–water partition coefficient (Wildman–Crippen LogP) is 3.18. The van der Waals surface area contributed by atoms with Crippen LogP contribution in [0, 0.1) is 19.3 Å². The number of pyridine rings is 1. The van der Waals surface area contributed by atoms with Crippen LogP contribution in [0.2, 0.25) is 0 Å². The number of carbonyl (C=O) groups is 1. The molecule has 1 aliphatic rings. The van der Waals surface area contributed by atoms with Gasteiger partial charge in [-0.2, -0.15) is 0 Å². The summed E-state index contributed by atoms with van der Waals surface area (Å²) in [6, 6.07) is 9.78. The van der Waals surface area contributed by atoms with E-state index in [2.05, 4.69) is 22.7 Å². The molecule has 3 aromatic rings. The number of aromatic nitrogens is 2. The predicted molar refractivity (Wildman–Crippen MR) is 125 cm³/mol. The molecule has 0 bridgehead atoms. The molecule has 1 aliphatic heterocycles. The van der Waals surface area contributed by atoms with Gasteiger partial charge in [-0.25, -0.2) is 0 Å². The maximum atomic E-state index is 13.2. The molecular formula is C23H28N4O3S. The topological polar surface area (TPSA) is 88.2 Å². The van der Waals surface area contributed by atoms with Crippen LogP contribution in [0.15, 0.2) is 40.0 Å². The number of rotatable bonds is 7. The van der Waals surface area contributed by atoms with Gasteiger partial charge in [0.15, 0.2) is 0 Å². The molecule has 1 fully saturated rings. The number of benzene rings is 1. The van der Waals surface area contributed by atoms with Crippen LogP contribution in [0.1, 0.15) is 34.2 Å². The summed E-state index contributed by atoms with van der Waals surface area (Å²) in [6.45, 7) is 8.36. The summed E-state index contributed by atoms with van der Waals surface area (Å²) in [6.07, 6.45) is 1.93.